The van der Waals surface area contributed by atoms with Crippen molar-refractivity contribution in [3.05, 3.63) is 95.3 Å². The summed E-state index contributed by atoms with van der Waals surface area (Å²) in [6.07, 6.45) is 0.609. The SMILES string of the molecule is Fc1ccc2c(c1)O[C@]1(C[C@H]2Nc2ccccc2)OCc2ccccc21. The molecule has 26 heavy (non-hydrogen) atoms. The number of para-hydroxylation sites is 1. The van der Waals surface area contributed by atoms with E-state index in [-0.39, 0.29) is 11.9 Å². The van der Waals surface area contributed by atoms with Gasteiger partial charge >= 0.3 is 0 Å². The Balaban J connectivity index is 1.59. The summed E-state index contributed by atoms with van der Waals surface area (Å²) in [5.41, 5.74) is 4.09. The molecule has 0 saturated heterocycles. The van der Waals surface area contributed by atoms with E-state index < -0.39 is 5.79 Å². The molecule has 0 fully saturated rings. The van der Waals surface area contributed by atoms with Crippen LogP contribution in [0.2, 0.25) is 0 Å². The van der Waals surface area contributed by atoms with Crippen LogP contribution in [0.15, 0.2) is 72.8 Å². The lowest BCUT2D eigenvalue weighted by Gasteiger charge is -2.40. The molecule has 0 aliphatic carbocycles. The van der Waals surface area contributed by atoms with Crippen LogP contribution in [-0.2, 0) is 17.1 Å². The molecule has 0 saturated carbocycles. The van der Waals surface area contributed by atoms with Gasteiger partial charge in [0.05, 0.1) is 12.6 Å². The number of rotatable bonds is 2. The number of nitrogens with one attached hydrogen (secondary N) is 1. The standard InChI is InChI=1S/C22H18FNO2/c23-16-10-11-18-20(24-17-7-2-1-3-8-17)13-22(26-21(18)12-16)19-9-5-4-6-15(19)14-25-22/h1-12,20,24H,13-14H2/t20-,22+/m1/s1. The minimum atomic E-state index is -0.885. The Morgan fingerprint density at radius 1 is 0.962 bits per heavy atom. The summed E-state index contributed by atoms with van der Waals surface area (Å²) < 4.78 is 26.3. The molecule has 5 rings (SSSR count). The van der Waals surface area contributed by atoms with Crippen LogP contribution in [0.5, 0.6) is 5.75 Å². The van der Waals surface area contributed by atoms with Gasteiger partial charge in [-0.25, -0.2) is 4.39 Å². The Morgan fingerprint density at radius 3 is 2.65 bits per heavy atom. The van der Waals surface area contributed by atoms with Gasteiger partial charge in [0.2, 0.25) is 5.79 Å². The van der Waals surface area contributed by atoms with E-state index in [4.69, 9.17) is 9.47 Å². The normalized spacial score (nSPS) is 23.2. The quantitative estimate of drug-likeness (QED) is 0.696. The number of hydrogen-bond donors (Lipinski definition) is 1. The van der Waals surface area contributed by atoms with Gasteiger partial charge in [0.25, 0.3) is 0 Å². The van der Waals surface area contributed by atoms with Crippen molar-refractivity contribution in [1.29, 1.82) is 0 Å². The number of ether oxygens (including phenoxy) is 2. The Morgan fingerprint density at radius 2 is 1.77 bits per heavy atom. The number of fused-ring (bicyclic) bond motifs is 3. The molecule has 2 aliphatic heterocycles. The average Bonchev–Trinajstić information content (AvgIpc) is 3.00. The first kappa shape index (κ1) is 15.4. The monoisotopic (exact) mass is 347 g/mol. The van der Waals surface area contributed by atoms with E-state index >= 15 is 0 Å². The second-order valence-corrected chi connectivity index (χ2v) is 6.75. The lowest BCUT2D eigenvalue weighted by Crippen LogP contribution is -2.40. The van der Waals surface area contributed by atoms with Gasteiger partial charge in [-0.1, -0.05) is 48.5 Å². The summed E-state index contributed by atoms with van der Waals surface area (Å²) in [6.45, 7) is 0.499. The molecule has 130 valence electrons. The smallest absolute Gasteiger partial charge is 0.240 e. The third-order valence-corrected chi connectivity index (χ3v) is 5.10. The predicted molar refractivity (Wildman–Crippen MR) is 97.4 cm³/mol. The van der Waals surface area contributed by atoms with E-state index in [9.17, 15) is 4.39 Å². The van der Waals surface area contributed by atoms with Crippen molar-refractivity contribution in [3.8, 4) is 5.75 Å². The first-order valence-electron chi connectivity index (χ1n) is 8.76. The number of anilines is 1. The van der Waals surface area contributed by atoms with Crippen LogP contribution < -0.4 is 10.1 Å². The number of halogens is 1. The summed E-state index contributed by atoms with van der Waals surface area (Å²) in [4.78, 5) is 0. The lowest BCUT2D eigenvalue weighted by molar-refractivity contribution is -0.196. The molecule has 4 heteroatoms. The molecule has 0 amide bonds. The van der Waals surface area contributed by atoms with Gasteiger partial charge in [-0.3, -0.25) is 0 Å². The highest BCUT2D eigenvalue weighted by atomic mass is 19.1. The molecule has 3 nitrogen and oxygen atoms in total. The zero-order valence-electron chi connectivity index (χ0n) is 14.1. The third-order valence-electron chi connectivity index (χ3n) is 5.10. The minimum absolute atomic E-state index is 0.0482. The van der Waals surface area contributed by atoms with Crippen molar-refractivity contribution < 1.29 is 13.9 Å². The highest BCUT2D eigenvalue weighted by molar-refractivity contribution is 5.50. The summed E-state index contributed by atoms with van der Waals surface area (Å²) in [5, 5.41) is 3.56. The first-order valence-corrected chi connectivity index (χ1v) is 8.76. The van der Waals surface area contributed by atoms with Gasteiger partial charge in [-0.05, 0) is 23.8 Å². The topological polar surface area (TPSA) is 30.5 Å². The predicted octanol–water partition coefficient (Wildman–Crippen LogP) is 5.14. The number of hydrogen-bond acceptors (Lipinski definition) is 3. The van der Waals surface area contributed by atoms with Crippen LogP contribution in [0, 0.1) is 5.82 Å². The van der Waals surface area contributed by atoms with Gasteiger partial charge < -0.3 is 14.8 Å². The maximum Gasteiger partial charge on any atom is 0.240 e. The van der Waals surface area contributed by atoms with Gasteiger partial charge in [-0.15, -0.1) is 0 Å². The van der Waals surface area contributed by atoms with E-state index in [1.807, 2.05) is 54.6 Å². The molecule has 0 unspecified atom stereocenters. The molecule has 2 aliphatic rings. The van der Waals surface area contributed by atoms with Crippen molar-refractivity contribution in [2.24, 2.45) is 0 Å². The van der Waals surface area contributed by atoms with Gasteiger partial charge in [0.15, 0.2) is 0 Å². The Hall–Kier alpha value is -2.85. The van der Waals surface area contributed by atoms with Crippen molar-refractivity contribution in [2.75, 3.05) is 5.32 Å². The van der Waals surface area contributed by atoms with Gasteiger partial charge in [0, 0.05) is 29.3 Å². The average molecular weight is 347 g/mol. The molecular formula is C22H18FNO2. The van der Waals surface area contributed by atoms with Crippen LogP contribution in [-0.4, -0.2) is 0 Å². The summed E-state index contributed by atoms with van der Waals surface area (Å²) in [5.74, 6) is -0.670. The van der Waals surface area contributed by atoms with Crippen LogP contribution in [0.3, 0.4) is 0 Å². The molecule has 2 heterocycles. The molecule has 0 radical (unpaired) electrons. The highest BCUT2D eigenvalue weighted by Gasteiger charge is 2.48. The number of benzene rings is 3. The largest absolute Gasteiger partial charge is 0.457 e. The van der Waals surface area contributed by atoms with E-state index in [2.05, 4.69) is 5.32 Å². The fourth-order valence-electron chi connectivity index (χ4n) is 3.89. The maximum atomic E-state index is 13.9. The zero-order valence-corrected chi connectivity index (χ0v) is 14.1. The minimum Gasteiger partial charge on any atom is -0.457 e. The van der Waals surface area contributed by atoms with Crippen LogP contribution in [0.4, 0.5) is 10.1 Å². The van der Waals surface area contributed by atoms with E-state index in [0.29, 0.717) is 18.8 Å². The lowest BCUT2D eigenvalue weighted by atomic mass is 9.89. The summed E-state index contributed by atoms with van der Waals surface area (Å²) >= 11 is 0. The van der Waals surface area contributed by atoms with Gasteiger partial charge in [0.1, 0.15) is 11.6 Å². The van der Waals surface area contributed by atoms with Crippen LogP contribution in [0.25, 0.3) is 0 Å². The molecule has 2 atom stereocenters. The highest BCUT2D eigenvalue weighted by Crippen LogP contribution is 2.50. The zero-order chi connectivity index (χ0) is 17.6. The molecule has 1 spiro atoms. The second-order valence-electron chi connectivity index (χ2n) is 6.75. The molecule has 3 aromatic carbocycles. The van der Waals surface area contributed by atoms with E-state index in [1.165, 1.54) is 12.1 Å². The van der Waals surface area contributed by atoms with Crippen molar-refractivity contribution >= 4 is 5.69 Å². The summed E-state index contributed by atoms with van der Waals surface area (Å²) in [7, 11) is 0. The second kappa shape index (κ2) is 5.85. The molecule has 0 aromatic heterocycles. The van der Waals surface area contributed by atoms with E-state index in [0.717, 1.165) is 22.4 Å². The summed E-state index contributed by atoms with van der Waals surface area (Å²) in [6, 6.07) is 22.7. The Bertz CT molecular complexity index is 959. The maximum absolute atomic E-state index is 13.9. The molecule has 0 bridgehead atoms. The fraction of sp³-hybridized carbons (Fsp3) is 0.182. The Labute approximate surface area is 151 Å². The first-order chi connectivity index (χ1) is 12.7. The van der Waals surface area contributed by atoms with Crippen molar-refractivity contribution in [2.45, 2.75) is 24.9 Å². The van der Waals surface area contributed by atoms with Crippen LogP contribution >= 0.6 is 0 Å². The molecule has 3 aromatic rings. The van der Waals surface area contributed by atoms with Crippen molar-refractivity contribution in [1.82, 2.24) is 0 Å². The van der Waals surface area contributed by atoms with Crippen LogP contribution in [0.1, 0.15) is 29.2 Å². The van der Waals surface area contributed by atoms with Gasteiger partial charge in [-0.2, -0.15) is 0 Å². The van der Waals surface area contributed by atoms with E-state index in [1.54, 1.807) is 6.07 Å². The molecule has 1 N–H and O–H groups in total. The fourth-order valence-corrected chi connectivity index (χ4v) is 3.89. The van der Waals surface area contributed by atoms with Crippen molar-refractivity contribution in [3.63, 3.8) is 0 Å². The Kier molecular flexibility index (Phi) is 3.47. The third kappa shape index (κ3) is 2.45. The molecular weight excluding hydrogens is 329 g/mol.